The molecule has 2 rings (SSSR count). The van der Waals surface area contributed by atoms with Crippen LogP contribution < -0.4 is 5.56 Å². The van der Waals surface area contributed by atoms with Crippen molar-refractivity contribution in [2.24, 2.45) is 7.05 Å². The molecule has 0 saturated heterocycles. The number of hydrogen-bond donors (Lipinski definition) is 1. The third kappa shape index (κ3) is 1.76. The van der Waals surface area contributed by atoms with Gasteiger partial charge in [-0.2, -0.15) is 0 Å². The van der Waals surface area contributed by atoms with Gasteiger partial charge in [0.15, 0.2) is 0 Å². The minimum absolute atomic E-state index is 0.0831. The maximum absolute atomic E-state index is 11.1. The van der Waals surface area contributed by atoms with Crippen molar-refractivity contribution in [2.45, 2.75) is 0 Å². The van der Waals surface area contributed by atoms with E-state index in [1.165, 1.54) is 0 Å². The van der Waals surface area contributed by atoms with Crippen LogP contribution in [0.4, 0.5) is 0 Å². The van der Waals surface area contributed by atoms with Crippen molar-refractivity contribution < 1.29 is 0 Å². The van der Waals surface area contributed by atoms with Crippen LogP contribution in [0.15, 0.2) is 41.7 Å². The van der Waals surface area contributed by atoms with Crippen molar-refractivity contribution in [3.8, 4) is 11.3 Å². The lowest BCUT2D eigenvalue weighted by molar-refractivity contribution is 0.764. The Morgan fingerprint density at radius 3 is 2.47 bits per heavy atom. The van der Waals surface area contributed by atoms with Crippen molar-refractivity contribution >= 4 is 6.08 Å². The standard InChI is InChI=1S/C12H12N2O/c1-3-9-4-6-10(7-5-9)11-8-12(15)13-14(11)2/h3-8H,1H2,2H3,(H,13,15). The average molecular weight is 200 g/mol. The Kier molecular flexibility index (Phi) is 2.29. The molecule has 2 aromatic rings. The Morgan fingerprint density at radius 2 is 2.00 bits per heavy atom. The van der Waals surface area contributed by atoms with Crippen LogP contribution in [0, 0.1) is 0 Å². The van der Waals surface area contributed by atoms with E-state index in [1.54, 1.807) is 16.8 Å². The van der Waals surface area contributed by atoms with Gasteiger partial charge < -0.3 is 0 Å². The zero-order valence-electron chi connectivity index (χ0n) is 8.53. The van der Waals surface area contributed by atoms with E-state index in [0.29, 0.717) is 0 Å². The lowest BCUT2D eigenvalue weighted by atomic mass is 10.1. The number of H-pyrrole nitrogens is 1. The highest BCUT2D eigenvalue weighted by atomic mass is 16.1. The molecule has 1 aromatic carbocycles. The summed E-state index contributed by atoms with van der Waals surface area (Å²) in [4.78, 5) is 11.1. The fourth-order valence-electron chi connectivity index (χ4n) is 1.55. The molecule has 0 aliphatic carbocycles. The van der Waals surface area contributed by atoms with Crippen LogP contribution in [-0.2, 0) is 7.05 Å². The Balaban J connectivity index is 2.49. The normalized spacial score (nSPS) is 10.2. The predicted molar refractivity (Wildman–Crippen MR) is 61.6 cm³/mol. The topological polar surface area (TPSA) is 37.8 Å². The molecule has 1 aromatic heterocycles. The largest absolute Gasteiger partial charge is 0.288 e. The third-order valence-corrected chi connectivity index (χ3v) is 2.35. The molecule has 0 atom stereocenters. The van der Waals surface area contributed by atoms with Gasteiger partial charge in [-0.15, -0.1) is 0 Å². The summed E-state index contributed by atoms with van der Waals surface area (Å²) in [7, 11) is 1.82. The van der Waals surface area contributed by atoms with E-state index in [-0.39, 0.29) is 5.56 Å². The van der Waals surface area contributed by atoms with Crippen LogP contribution in [0.25, 0.3) is 17.3 Å². The SMILES string of the molecule is C=Cc1ccc(-c2cc(=O)[nH]n2C)cc1. The van der Waals surface area contributed by atoms with E-state index in [4.69, 9.17) is 0 Å². The van der Waals surface area contributed by atoms with Gasteiger partial charge in [0.25, 0.3) is 5.56 Å². The van der Waals surface area contributed by atoms with Crippen LogP contribution in [0.3, 0.4) is 0 Å². The van der Waals surface area contributed by atoms with Gasteiger partial charge in [0.05, 0.1) is 5.69 Å². The summed E-state index contributed by atoms with van der Waals surface area (Å²) in [5.74, 6) is 0. The maximum Gasteiger partial charge on any atom is 0.264 e. The molecule has 0 fully saturated rings. The average Bonchev–Trinajstić information content (AvgIpc) is 2.58. The number of nitrogens with zero attached hydrogens (tertiary/aromatic N) is 1. The number of aromatic amines is 1. The quantitative estimate of drug-likeness (QED) is 0.791. The first-order valence-electron chi connectivity index (χ1n) is 4.69. The van der Waals surface area contributed by atoms with Gasteiger partial charge in [0, 0.05) is 13.1 Å². The van der Waals surface area contributed by atoms with Gasteiger partial charge in [-0.05, 0) is 11.1 Å². The second-order valence-electron chi connectivity index (χ2n) is 3.39. The highest BCUT2D eigenvalue weighted by molar-refractivity contribution is 5.62. The molecular weight excluding hydrogens is 188 g/mol. The summed E-state index contributed by atoms with van der Waals surface area (Å²) < 4.78 is 1.71. The van der Waals surface area contributed by atoms with Gasteiger partial charge in [0.1, 0.15) is 0 Å². The zero-order valence-corrected chi connectivity index (χ0v) is 8.53. The molecule has 3 nitrogen and oxygen atoms in total. The van der Waals surface area contributed by atoms with E-state index in [0.717, 1.165) is 16.8 Å². The fourth-order valence-corrected chi connectivity index (χ4v) is 1.55. The Bertz CT molecular complexity index is 531. The molecule has 0 radical (unpaired) electrons. The molecule has 0 aliphatic rings. The minimum Gasteiger partial charge on any atom is -0.288 e. The number of rotatable bonds is 2. The van der Waals surface area contributed by atoms with Crippen LogP contribution in [-0.4, -0.2) is 9.78 Å². The molecule has 15 heavy (non-hydrogen) atoms. The lowest BCUT2D eigenvalue weighted by Gasteiger charge is -2.02. The van der Waals surface area contributed by atoms with Gasteiger partial charge >= 0.3 is 0 Å². The van der Waals surface area contributed by atoms with E-state index in [2.05, 4.69) is 11.7 Å². The summed E-state index contributed by atoms with van der Waals surface area (Å²) in [6.45, 7) is 3.69. The number of nitrogens with one attached hydrogen (secondary N) is 1. The molecule has 1 N–H and O–H groups in total. The van der Waals surface area contributed by atoms with Gasteiger partial charge in [-0.1, -0.05) is 36.9 Å². The van der Waals surface area contributed by atoms with Crippen molar-refractivity contribution in [1.82, 2.24) is 9.78 Å². The van der Waals surface area contributed by atoms with Crippen LogP contribution in [0.5, 0.6) is 0 Å². The van der Waals surface area contributed by atoms with Crippen LogP contribution in [0.2, 0.25) is 0 Å². The summed E-state index contributed by atoms with van der Waals surface area (Å²) in [5, 5.41) is 2.68. The molecule has 0 spiro atoms. The number of benzene rings is 1. The van der Waals surface area contributed by atoms with Crippen molar-refractivity contribution in [2.75, 3.05) is 0 Å². The number of hydrogen-bond acceptors (Lipinski definition) is 1. The summed E-state index contributed by atoms with van der Waals surface area (Å²) in [6.07, 6.45) is 1.79. The second kappa shape index (κ2) is 3.61. The molecule has 76 valence electrons. The Morgan fingerprint density at radius 1 is 1.33 bits per heavy atom. The highest BCUT2D eigenvalue weighted by Crippen LogP contribution is 2.17. The molecule has 1 heterocycles. The van der Waals surface area contributed by atoms with Crippen molar-refractivity contribution in [3.63, 3.8) is 0 Å². The first-order chi connectivity index (χ1) is 7.20. The van der Waals surface area contributed by atoms with Crippen LogP contribution >= 0.6 is 0 Å². The van der Waals surface area contributed by atoms with Gasteiger partial charge in [-0.25, -0.2) is 0 Å². The molecule has 0 bridgehead atoms. The number of aryl methyl sites for hydroxylation is 1. The zero-order chi connectivity index (χ0) is 10.8. The lowest BCUT2D eigenvalue weighted by Crippen LogP contribution is -2.00. The minimum atomic E-state index is -0.0831. The third-order valence-electron chi connectivity index (χ3n) is 2.35. The van der Waals surface area contributed by atoms with E-state index < -0.39 is 0 Å². The number of aromatic nitrogens is 2. The fraction of sp³-hybridized carbons (Fsp3) is 0.0833. The molecule has 3 heteroatoms. The summed E-state index contributed by atoms with van der Waals surface area (Å²) in [6, 6.07) is 9.47. The molecule has 0 aliphatic heterocycles. The maximum atomic E-state index is 11.1. The van der Waals surface area contributed by atoms with Crippen LogP contribution in [0.1, 0.15) is 5.56 Å². The van der Waals surface area contributed by atoms with E-state index in [9.17, 15) is 4.79 Å². The molecule has 0 unspecified atom stereocenters. The Hall–Kier alpha value is -2.03. The predicted octanol–water partition coefficient (Wildman–Crippen LogP) is 2.02. The monoisotopic (exact) mass is 200 g/mol. The first-order valence-corrected chi connectivity index (χ1v) is 4.69. The van der Waals surface area contributed by atoms with Gasteiger partial charge in [-0.3, -0.25) is 14.6 Å². The second-order valence-corrected chi connectivity index (χ2v) is 3.39. The van der Waals surface area contributed by atoms with Crippen molar-refractivity contribution in [1.29, 1.82) is 0 Å². The highest BCUT2D eigenvalue weighted by Gasteiger charge is 2.03. The first kappa shape index (κ1) is 9.52. The van der Waals surface area contributed by atoms with Crippen molar-refractivity contribution in [3.05, 3.63) is 52.8 Å². The smallest absolute Gasteiger partial charge is 0.264 e. The molecular formula is C12H12N2O. The van der Waals surface area contributed by atoms with Gasteiger partial charge in [0.2, 0.25) is 0 Å². The van der Waals surface area contributed by atoms with E-state index >= 15 is 0 Å². The summed E-state index contributed by atoms with van der Waals surface area (Å²) >= 11 is 0. The van der Waals surface area contributed by atoms with E-state index in [1.807, 2.05) is 31.3 Å². The molecule has 0 saturated carbocycles. The summed E-state index contributed by atoms with van der Waals surface area (Å²) in [5.41, 5.74) is 2.89. The Labute approximate surface area is 87.7 Å². The molecule has 0 amide bonds.